The average Bonchev–Trinajstić information content (AvgIpc) is 2.95. The highest BCUT2D eigenvalue weighted by molar-refractivity contribution is 5.80. The van der Waals surface area contributed by atoms with Crippen molar-refractivity contribution in [3.8, 4) is 0 Å². The molecule has 0 aromatic carbocycles. The molecule has 5 nitrogen and oxygen atoms in total. The van der Waals surface area contributed by atoms with E-state index in [-0.39, 0.29) is 12.6 Å². The summed E-state index contributed by atoms with van der Waals surface area (Å²) in [5.41, 5.74) is 0. The molecule has 0 aromatic heterocycles. The predicted molar refractivity (Wildman–Crippen MR) is 55.7 cm³/mol. The van der Waals surface area contributed by atoms with Gasteiger partial charge in [0, 0.05) is 19.6 Å². The summed E-state index contributed by atoms with van der Waals surface area (Å²) >= 11 is 0. The summed E-state index contributed by atoms with van der Waals surface area (Å²) in [6.07, 6.45) is 3.00. The summed E-state index contributed by atoms with van der Waals surface area (Å²) in [7, 11) is 1.53. The molecule has 0 unspecified atom stereocenters. The topological polar surface area (TPSA) is 60.9 Å². The Balaban J connectivity index is 2.50. The number of carbonyl (C=O) groups is 2. The Labute approximate surface area is 89.7 Å². The van der Waals surface area contributed by atoms with Gasteiger partial charge in [-0.1, -0.05) is 6.92 Å². The van der Waals surface area contributed by atoms with E-state index in [1.807, 2.05) is 6.92 Å². The number of carboxylic acid groups (broad SMARTS) is 1. The first-order valence-corrected chi connectivity index (χ1v) is 5.29. The maximum atomic E-state index is 11.8. The lowest BCUT2D eigenvalue weighted by atomic mass is 10.4. The minimum absolute atomic E-state index is 0.165. The first-order valence-electron chi connectivity index (χ1n) is 5.29. The van der Waals surface area contributed by atoms with Crippen LogP contribution in [0.4, 0.5) is 4.79 Å². The van der Waals surface area contributed by atoms with Crippen LogP contribution in [-0.4, -0.2) is 53.1 Å². The summed E-state index contributed by atoms with van der Waals surface area (Å²) in [6, 6.07) is 0.176. The van der Waals surface area contributed by atoms with Crippen LogP contribution < -0.4 is 0 Å². The van der Waals surface area contributed by atoms with Gasteiger partial charge in [0.05, 0.1) is 0 Å². The van der Waals surface area contributed by atoms with Crippen LogP contribution in [0.1, 0.15) is 26.2 Å². The number of carboxylic acids is 1. The van der Waals surface area contributed by atoms with E-state index >= 15 is 0 Å². The van der Waals surface area contributed by atoms with E-state index in [1.54, 1.807) is 4.90 Å². The molecule has 1 aliphatic rings. The van der Waals surface area contributed by atoms with Crippen LogP contribution in [0, 0.1) is 0 Å². The second-order valence-electron chi connectivity index (χ2n) is 3.96. The van der Waals surface area contributed by atoms with Crippen LogP contribution in [0.2, 0.25) is 0 Å². The van der Waals surface area contributed by atoms with Gasteiger partial charge in [0.15, 0.2) is 0 Å². The first kappa shape index (κ1) is 11.8. The van der Waals surface area contributed by atoms with Gasteiger partial charge in [-0.15, -0.1) is 0 Å². The van der Waals surface area contributed by atoms with Crippen molar-refractivity contribution in [1.82, 2.24) is 9.80 Å². The molecule has 86 valence electrons. The van der Waals surface area contributed by atoms with Crippen LogP contribution in [0.3, 0.4) is 0 Å². The van der Waals surface area contributed by atoms with E-state index in [0.717, 1.165) is 19.3 Å². The van der Waals surface area contributed by atoms with Crippen molar-refractivity contribution in [2.45, 2.75) is 32.2 Å². The number of likely N-dealkylation sites (N-methyl/N-ethyl adjacent to an activating group) is 1. The fourth-order valence-corrected chi connectivity index (χ4v) is 1.55. The maximum Gasteiger partial charge on any atom is 0.323 e. The Bertz CT molecular complexity index is 251. The summed E-state index contributed by atoms with van der Waals surface area (Å²) in [5.74, 6) is -0.974. The quantitative estimate of drug-likeness (QED) is 0.742. The lowest BCUT2D eigenvalue weighted by Gasteiger charge is -2.26. The minimum atomic E-state index is -0.974. The number of nitrogens with zero attached hydrogens (tertiary/aromatic N) is 2. The van der Waals surface area contributed by atoms with Gasteiger partial charge in [0.2, 0.25) is 0 Å². The van der Waals surface area contributed by atoms with Crippen molar-refractivity contribution in [2.24, 2.45) is 0 Å². The van der Waals surface area contributed by atoms with Crippen LogP contribution in [0.5, 0.6) is 0 Å². The average molecular weight is 214 g/mol. The van der Waals surface area contributed by atoms with Crippen LogP contribution in [0.25, 0.3) is 0 Å². The number of amides is 2. The van der Waals surface area contributed by atoms with Gasteiger partial charge < -0.3 is 14.9 Å². The van der Waals surface area contributed by atoms with Gasteiger partial charge in [-0.2, -0.15) is 0 Å². The standard InChI is InChI=1S/C10H18N2O3/c1-3-6-12(8-4-5-8)10(15)11(2)7-9(13)14/h8H,3-7H2,1-2H3,(H,13,14). The molecule has 2 amide bonds. The molecule has 0 aliphatic heterocycles. The SMILES string of the molecule is CCCN(C(=O)N(C)CC(=O)O)C1CC1. The molecule has 0 saturated heterocycles. The lowest BCUT2D eigenvalue weighted by Crippen LogP contribution is -2.44. The zero-order chi connectivity index (χ0) is 11.4. The summed E-state index contributed by atoms with van der Waals surface area (Å²) < 4.78 is 0. The third-order valence-corrected chi connectivity index (χ3v) is 2.40. The summed E-state index contributed by atoms with van der Waals surface area (Å²) in [4.78, 5) is 25.3. The third kappa shape index (κ3) is 3.42. The van der Waals surface area contributed by atoms with Crippen molar-refractivity contribution in [3.05, 3.63) is 0 Å². The number of aliphatic carboxylic acids is 1. The molecular formula is C10H18N2O3. The van der Waals surface area contributed by atoms with Gasteiger partial charge in [-0.05, 0) is 19.3 Å². The molecule has 1 aliphatic carbocycles. The zero-order valence-corrected chi connectivity index (χ0v) is 9.27. The Kier molecular flexibility index (Phi) is 3.94. The second-order valence-corrected chi connectivity index (χ2v) is 3.96. The molecule has 0 aromatic rings. The summed E-state index contributed by atoms with van der Waals surface area (Å²) in [5, 5.41) is 8.59. The van der Waals surface area contributed by atoms with E-state index in [9.17, 15) is 9.59 Å². The fraction of sp³-hybridized carbons (Fsp3) is 0.800. The molecule has 1 saturated carbocycles. The molecule has 5 heteroatoms. The molecule has 0 radical (unpaired) electrons. The van der Waals surface area contributed by atoms with Gasteiger partial charge in [0.1, 0.15) is 6.54 Å². The number of rotatable bonds is 5. The van der Waals surface area contributed by atoms with Crippen molar-refractivity contribution < 1.29 is 14.7 Å². The lowest BCUT2D eigenvalue weighted by molar-refractivity contribution is -0.137. The minimum Gasteiger partial charge on any atom is -0.480 e. The van der Waals surface area contributed by atoms with E-state index in [1.165, 1.54) is 11.9 Å². The van der Waals surface area contributed by atoms with Crippen molar-refractivity contribution in [2.75, 3.05) is 20.1 Å². The van der Waals surface area contributed by atoms with Gasteiger partial charge >= 0.3 is 12.0 Å². The van der Waals surface area contributed by atoms with Crippen LogP contribution >= 0.6 is 0 Å². The molecule has 0 atom stereocenters. The fourth-order valence-electron chi connectivity index (χ4n) is 1.55. The van der Waals surface area contributed by atoms with Gasteiger partial charge in [-0.3, -0.25) is 4.79 Å². The van der Waals surface area contributed by atoms with E-state index in [4.69, 9.17) is 5.11 Å². The molecule has 1 N–H and O–H groups in total. The zero-order valence-electron chi connectivity index (χ0n) is 9.27. The molecule has 1 fully saturated rings. The molecule has 1 rings (SSSR count). The number of urea groups is 1. The van der Waals surface area contributed by atoms with Crippen molar-refractivity contribution in [1.29, 1.82) is 0 Å². The Morgan fingerprint density at radius 1 is 1.40 bits per heavy atom. The normalized spacial score (nSPS) is 14.8. The summed E-state index contributed by atoms with van der Waals surface area (Å²) in [6.45, 7) is 2.50. The van der Waals surface area contributed by atoms with E-state index in [2.05, 4.69) is 0 Å². The number of hydrogen-bond donors (Lipinski definition) is 1. The van der Waals surface area contributed by atoms with Crippen molar-refractivity contribution in [3.63, 3.8) is 0 Å². The number of carbonyl (C=O) groups excluding carboxylic acids is 1. The molecule has 0 spiro atoms. The molecule has 15 heavy (non-hydrogen) atoms. The third-order valence-electron chi connectivity index (χ3n) is 2.40. The first-order chi connectivity index (χ1) is 7.06. The van der Waals surface area contributed by atoms with Gasteiger partial charge in [0.25, 0.3) is 0 Å². The highest BCUT2D eigenvalue weighted by Gasteiger charge is 2.33. The highest BCUT2D eigenvalue weighted by Crippen LogP contribution is 2.27. The number of hydrogen-bond acceptors (Lipinski definition) is 2. The van der Waals surface area contributed by atoms with E-state index in [0.29, 0.717) is 12.6 Å². The Morgan fingerprint density at radius 3 is 2.40 bits per heavy atom. The maximum absolute atomic E-state index is 11.8. The Hall–Kier alpha value is -1.26. The monoisotopic (exact) mass is 214 g/mol. The highest BCUT2D eigenvalue weighted by atomic mass is 16.4. The molecule has 0 bridgehead atoms. The van der Waals surface area contributed by atoms with Crippen molar-refractivity contribution >= 4 is 12.0 Å². The molecule has 0 heterocycles. The largest absolute Gasteiger partial charge is 0.480 e. The van der Waals surface area contributed by atoms with E-state index < -0.39 is 5.97 Å². The van der Waals surface area contributed by atoms with Crippen LogP contribution in [0.15, 0.2) is 0 Å². The molecular weight excluding hydrogens is 196 g/mol. The second kappa shape index (κ2) is 5.00. The Morgan fingerprint density at radius 2 is 2.00 bits per heavy atom. The van der Waals surface area contributed by atoms with Crippen LogP contribution in [-0.2, 0) is 4.79 Å². The smallest absolute Gasteiger partial charge is 0.323 e. The predicted octanol–water partition coefficient (Wildman–Crippen LogP) is 0.997. The van der Waals surface area contributed by atoms with Gasteiger partial charge in [-0.25, -0.2) is 4.79 Å².